The minimum Gasteiger partial charge on any atom is -0.430 e. The summed E-state index contributed by atoms with van der Waals surface area (Å²) in [4.78, 5) is 19.4. The van der Waals surface area contributed by atoms with Gasteiger partial charge in [0.25, 0.3) is 0 Å². The Kier molecular flexibility index (Phi) is 14.7. The number of rotatable bonds is 4. The van der Waals surface area contributed by atoms with E-state index in [1.165, 1.54) is 5.56 Å². The van der Waals surface area contributed by atoms with E-state index in [-0.39, 0.29) is 12.2 Å². The maximum Gasteiger partial charge on any atom is 0.540 e. The monoisotopic (exact) mass is 316 g/mol. The zero-order valence-corrected chi connectivity index (χ0v) is 14.1. The van der Waals surface area contributed by atoms with Gasteiger partial charge in [0.1, 0.15) is 0 Å². The largest absolute Gasteiger partial charge is 0.540 e. The van der Waals surface area contributed by atoms with Crippen molar-refractivity contribution in [2.75, 3.05) is 0 Å². The van der Waals surface area contributed by atoms with Gasteiger partial charge in [0, 0.05) is 0 Å². The highest BCUT2D eigenvalue weighted by molar-refractivity contribution is 5.59. The second-order valence-electron chi connectivity index (χ2n) is 5.21. The molecule has 0 fully saturated rings. The molecule has 0 saturated carbocycles. The molecule has 128 valence electrons. The number of hydrogen-bond acceptors (Lipinski definition) is 6. The van der Waals surface area contributed by atoms with Crippen molar-refractivity contribution in [1.29, 1.82) is 0 Å². The molecule has 1 aromatic carbocycles. The first-order valence-corrected chi connectivity index (χ1v) is 7.11. The predicted octanol–water partition coefficient (Wildman–Crippen LogP) is 4.72. The van der Waals surface area contributed by atoms with Crippen molar-refractivity contribution in [3.63, 3.8) is 0 Å². The molecule has 6 heteroatoms. The average Bonchev–Trinajstić information content (AvgIpc) is 2.48. The van der Waals surface area contributed by atoms with Crippen LogP contribution in [0.5, 0.6) is 0 Å². The van der Waals surface area contributed by atoms with Gasteiger partial charge < -0.3 is 4.74 Å². The third-order valence-corrected chi connectivity index (χ3v) is 2.11. The molecule has 0 atom stereocenters. The highest BCUT2D eigenvalue weighted by Gasteiger charge is 2.08. The fraction of sp³-hybridized carbons (Fsp3) is 0.562. The number of benzene rings is 1. The third-order valence-electron chi connectivity index (χ3n) is 2.11. The van der Waals surface area contributed by atoms with Crippen molar-refractivity contribution in [3.05, 3.63) is 35.9 Å². The number of carbonyl (C=O) groups excluding carboxylic acids is 1. The Balaban J connectivity index is 0. The molecule has 0 aliphatic carbocycles. The summed E-state index contributed by atoms with van der Waals surface area (Å²) in [5.74, 6) is 0.659. The first kappa shape index (κ1) is 22.6. The lowest BCUT2D eigenvalue weighted by atomic mass is 10.0. The van der Waals surface area contributed by atoms with Gasteiger partial charge in [-0.3, -0.25) is 15.4 Å². The van der Waals surface area contributed by atoms with E-state index >= 15 is 0 Å². The van der Waals surface area contributed by atoms with E-state index in [2.05, 4.69) is 52.6 Å². The van der Waals surface area contributed by atoms with E-state index in [1.807, 2.05) is 6.07 Å². The molecule has 6 nitrogen and oxygen atoms in total. The Labute approximate surface area is 132 Å². The Bertz CT molecular complexity index is 362. The molecule has 2 N–H and O–H groups in total. The number of carbonyl (C=O) groups is 1. The van der Waals surface area contributed by atoms with Gasteiger partial charge in [-0.2, -0.15) is 4.89 Å². The molecule has 0 saturated heterocycles. The van der Waals surface area contributed by atoms with Gasteiger partial charge in [0.2, 0.25) is 0 Å². The molecule has 1 rings (SSSR count). The van der Waals surface area contributed by atoms with Gasteiger partial charge in [0.15, 0.2) is 0 Å². The van der Waals surface area contributed by atoms with Crippen LogP contribution in [0.3, 0.4) is 0 Å². The number of hydrogen-bond donors (Lipinski definition) is 2. The van der Waals surface area contributed by atoms with Crippen molar-refractivity contribution < 1.29 is 29.8 Å². The lowest BCUT2D eigenvalue weighted by Crippen LogP contribution is -2.15. The van der Waals surface area contributed by atoms with E-state index in [0.717, 1.165) is 0 Å². The molecule has 1 aromatic rings. The Morgan fingerprint density at radius 3 is 1.73 bits per heavy atom. The summed E-state index contributed by atoms with van der Waals surface area (Å²) in [5, 5.41) is 12.0. The van der Waals surface area contributed by atoms with Gasteiger partial charge in [-0.05, 0) is 39.2 Å². The van der Waals surface area contributed by atoms with E-state index in [0.29, 0.717) is 5.92 Å². The molecule has 0 unspecified atom stereocenters. The zero-order valence-electron chi connectivity index (χ0n) is 14.1. The summed E-state index contributed by atoms with van der Waals surface area (Å²) < 4.78 is 4.61. The van der Waals surface area contributed by atoms with Crippen molar-refractivity contribution in [1.82, 2.24) is 0 Å². The minimum absolute atomic E-state index is 0.144. The normalized spacial score (nSPS) is 9.59. The summed E-state index contributed by atoms with van der Waals surface area (Å²) in [6, 6.07) is 10.5. The smallest absolute Gasteiger partial charge is 0.430 e. The zero-order chi connectivity index (χ0) is 17.5. The molecule has 0 aliphatic rings. The van der Waals surface area contributed by atoms with Crippen LogP contribution in [0.1, 0.15) is 53.0 Å². The first-order valence-electron chi connectivity index (χ1n) is 7.11. The second kappa shape index (κ2) is 14.3. The Morgan fingerprint density at radius 1 is 0.909 bits per heavy atom. The maximum absolute atomic E-state index is 10.6. The van der Waals surface area contributed by atoms with Gasteiger partial charge in [-0.15, -0.1) is 0 Å². The molecular formula is C16H28O6. The molecule has 0 spiro atoms. The second-order valence-corrected chi connectivity index (χ2v) is 5.21. The van der Waals surface area contributed by atoms with Crippen LogP contribution in [0.4, 0.5) is 4.79 Å². The van der Waals surface area contributed by atoms with Crippen LogP contribution in [0.2, 0.25) is 0 Å². The van der Waals surface area contributed by atoms with Crippen molar-refractivity contribution in [2.45, 2.75) is 59.7 Å². The lowest BCUT2D eigenvalue weighted by molar-refractivity contribution is -0.279. The van der Waals surface area contributed by atoms with Crippen molar-refractivity contribution >= 4 is 6.16 Å². The predicted molar refractivity (Wildman–Crippen MR) is 84.7 cm³/mol. The van der Waals surface area contributed by atoms with E-state index in [1.54, 1.807) is 27.7 Å². The molecule has 0 radical (unpaired) electrons. The van der Waals surface area contributed by atoms with Crippen LogP contribution in [0, 0.1) is 0 Å². The molecule has 0 aromatic heterocycles. The molecule has 22 heavy (non-hydrogen) atoms. The molecule has 0 aliphatic heterocycles. The van der Waals surface area contributed by atoms with Crippen LogP contribution in [0.25, 0.3) is 0 Å². The topological polar surface area (TPSA) is 85.2 Å². The first-order chi connectivity index (χ1) is 10.3. The van der Waals surface area contributed by atoms with Crippen LogP contribution >= 0.6 is 0 Å². The number of ether oxygens (including phenoxy) is 1. The van der Waals surface area contributed by atoms with E-state index in [9.17, 15) is 4.79 Å². The van der Waals surface area contributed by atoms with Crippen LogP contribution in [-0.4, -0.2) is 28.9 Å². The Hall–Kier alpha value is -1.63. The van der Waals surface area contributed by atoms with E-state index in [4.69, 9.17) is 10.5 Å². The molecular weight excluding hydrogens is 288 g/mol. The van der Waals surface area contributed by atoms with E-state index < -0.39 is 6.16 Å². The van der Waals surface area contributed by atoms with Crippen LogP contribution in [0.15, 0.2) is 30.3 Å². The van der Waals surface area contributed by atoms with Crippen LogP contribution < -0.4 is 0 Å². The van der Waals surface area contributed by atoms with Crippen LogP contribution in [-0.2, 0) is 14.5 Å². The van der Waals surface area contributed by atoms with Gasteiger partial charge >= 0.3 is 6.16 Å². The van der Waals surface area contributed by atoms with Crippen molar-refractivity contribution in [3.8, 4) is 0 Å². The van der Waals surface area contributed by atoms with Gasteiger partial charge in [0.05, 0.1) is 12.2 Å². The lowest BCUT2D eigenvalue weighted by Gasteiger charge is -2.08. The SMILES string of the molecule is CC(C)OOC(=O)OC(C)C.CC(C)c1ccccc1.OO. The standard InChI is InChI=1S/C9H12.C7H14O4.H2O2/c1-8(2)9-6-4-3-5-7-9;1-5(2)9-7(8)11-10-6(3)4;1-2/h3-8H,1-2H3;5-6H,1-4H3;1-2H. The summed E-state index contributed by atoms with van der Waals surface area (Å²) in [6.07, 6.45) is -1.12. The quantitative estimate of drug-likeness (QED) is 0.475. The highest BCUT2D eigenvalue weighted by atomic mass is 17.2. The fourth-order valence-corrected chi connectivity index (χ4v) is 1.19. The maximum atomic E-state index is 10.6. The highest BCUT2D eigenvalue weighted by Crippen LogP contribution is 2.11. The van der Waals surface area contributed by atoms with Crippen molar-refractivity contribution in [2.24, 2.45) is 0 Å². The summed E-state index contributed by atoms with van der Waals surface area (Å²) in [7, 11) is 0. The molecule has 0 heterocycles. The molecule has 0 bridgehead atoms. The fourth-order valence-electron chi connectivity index (χ4n) is 1.19. The summed E-state index contributed by atoms with van der Waals surface area (Å²) >= 11 is 0. The Morgan fingerprint density at radius 2 is 1.41 bits per heavy atom. The molecule has 0 amide bonds. The van der Waals surface area contributed by atoms with Gasteiger partial charge in [-0.1, -0.05) is 44.2 Å². The average molecular weight is 316 g/mol. The third kappa shape index (κ3) is 14.8. The van der Waals surface area contributed by atoms with Gasteiger partial charge in [-0.25, -0.2) is 4.79 Å². The summed E-state index contributed by atoms with van der Waals surface area (Å²) in [6.45, 7) is 11.4. The summed E-state index contributed by atoms with van der Waals surface area (Å²) in [5.41, 5.74) is 1.41. The minimum atomic E-state index is -0.798.